The van der Waals surface area contributed by atoms with Gasteiger partial charge in [-0.3, -0.25) is 4.55 Å². The van der Waals surface area contributed by atoms with Gasteiger partial charge in [-0.05, 0) is 51.1 Å². The Labute approximate surface area is 146 Å². The topological polar surface area (TPSA) is 88.5 Å². The molecule has 1 aromatic carbocycles. The van der Waals surface area contributed by atoms with Gasteiger partial charge in [-0.1, -0.05) is 17.7 Å². The number of nitrogens with one attached hydrogen (secondary N) is 1. The maximum absolute atomic E-state index is 13.2. The summed E-state index contributed by atoms with van der Waals surface area (Å²) in [4.78, 5) is 3.62. The second-order valence-electron chi connectivity index (χ2n) is 5.78. The van der Waals surface area contributed by atoms with Crippen molar-refractivity contribution in [3.8, 4) is 5.75 Å². The minimum absolute atomic E-state index is 0.0666. The van der Waals surface area contributed by atoms with Gasteiger partial charge in [0.15, 0.2) is 5.75 Å². The zero-order valence-corrected chi connectivity index (χ0v) is 14.9. The van der Waals surface area contributed by atoms with E-state index in [1.165, 1.54) is 12.1 Å². The molecule has 2 N–H and O–H groups in total. The van der Waals surface area contributed by atoms with Crippen molar-refractivity contribution in [1.29, 1.82) is 0 Å². The lowest BCUT2D eigenvalue weighted by Gasteiger charge is -2.27. The monoisotopic (exact) mass is 368 g/mol. The van der Waals surface area contributed by atoms with Gasteiger partial charge in [0, 0.05) is 11.7 Å². The molecule has 1 atom stereocenters. The van der Waals surface area contributed by atoms with Crippen LogP contribution in [0.3, 0.4) is 0 Å². The number of rotatable bonds is 4. The fourth-order valence-electron chi connectivity index (χ4n) is 2.01. The lowest BCUT2D eigenvalue weighted by Crippen LogP contribution is -2.46. The highest BCUT2D eigenvalue weighted by Gasteiger charge is 2.17. The molecule has 0 unspecified atom stereocenters. The Hall–Kier alpha value is -2.03. The summed E-state index contributed by atoms with van der Waals surface area (Å²) in [6, 6.07) is 9.72. The zero-order valence-electron chi connectivity index (χ0n) is 14.1. The van der Waals surface area contributed by atoms with Crippen LogP contribution in [0.2, 0.25) is 0 Å². The highest BCUT2D eigenvalue weighted by atomic mass is 32.2. The molecule has 0 aliphatic carbocycles. The van der Waals surface area contributed by atoms with E-state index in [1.807, 2.05) is 6.92 Å². The molecule has 1 aromatic heterocycles. The molecule has 0 saturated carbocycles. The van der Waals surface area contributed by atoms with Crippen molar-refractivity contribution in [1.82, 2.24) is 10.3 Å². The Morgan fingerprint density at radius 2 is 1.88 bits per heavy atom. The maximum Gasteiger partial charge on any atom is 0.294 e. The minimum atomic E-state index is -4.02. The molecule has 3 rings (SSSR count). The van der Waals surface area contributed by atoms with Crippen molar-refractivity contribution < 1.29 is 22.1 Å². The van der Waals surface area contributed by atoms with Gasteiger partial charge in [0.05, 0.1) is 4.90 Å². The van der Waals surface area contributed by atoms with E-state index in [4.69, 9.17) is 9.29 Å². The molecule has 6 nitrogen and oxygen atoms in total. The van der Waals surface area contributed by atoms with Crippen molar-refractivity contribution >= 4 is 10.1 Å². The van der Waals surface area contributed by atoms with Crippen LogP contribution in [0.1, 0.15) is 17.7 Å². The fourth-order valence-corrected chi connectivity index (χ4v) is 2.49. The van der Waals surface area contributed by atoms with Crippen molar-refractivity contribution in [3.05, 3.63) is 53.6 Å². The summed E-state index contributed by atoms with van der Waals surface area (Å²) in [5.41, 5.74) is 1.62. The number of hydrogen-bond acceptors (Lipinski definition) is 5. The molecule has 1 aliphatic heterocycles. The Morgan fingerprint density at radius 1 is 1.24 bits per heavy atom. The van der Waals surface area contributed by atoms with Crippen LogP contribution in [0.15, 0.2) is 41.3 Å². The van der Waals surface area contributed by atoms with Crippen LogP contribution in [0.25, 0.3) is 0 Å². The van der Waals surface area contributed by atoms with E-state index in [0.717, 1.165) is 18.5 Å². The van der Waals surface area contributed by atoms with Crippen LogP contribution in [0, 0.1) is 19.8 Å². The molecule has 2 heterocycles. The fraction of sp³-hybridized carbons (Fsp3) is 0.353. The summed E-state index contributed by atoms with van der Waals surface area (Å²) in [6.07, 6.45) is 1.10. The van der Waals surface area contributed by atoms with Gasteiger partial charge in [-0.25, -0.2) is 4.98 Å². The normalized spacial score (nSPS) is 16.4. The first kappa shape index (κ1) is 19.3. The van der Waals surface area contributed by atoms with Gasteiger partial charge in [0.25, 0.3) is 16.1 Å². The number of ether oxygens (including phenoxy) is 1. The van der Waals surface area contributed by atoms with Crippen LogP contribution in [-0.4, -0.2) is 37.1 Å². The summed E-state index contributed by atoms with van der Waals surface area (Å²) in [5, 5.41) is 3.18. The molecule has 0 radical (unpaired) electrons. The van der Waals surface area contributed by atoms with Gasteiger partial charge in [-0.2, -0.15) is 12.8 Å². The molecule has 1 fully saturated rings. The summed E-state index contributed by atoms with van der Waals surface area (Å²) in [6.45, 7) is 5.14. The molecule has 136 valence electrons. The van der Waals surface area contributed by atoms with Gasteiger partial charge in [0.2, 0.25) is 0 Å². The average Bonchev–Trinajstić information content (AvgIpc) is 2.48. The first-order valence-electron chi connectivity index (χ1n) is 7.79. The lowest BCUT2D eigenvalue weighted by atomic mass is 10.1. The highest BCUT2D eigenvalue weighted by molar-refractivity contribution is 7.85. The van der Waals surface area contributed by atoms with Crippen molar-refractivity contribution in [2.45, 2.75) is 31.2 Å². The second kappa shape index (κ2) is 8.37. The quantitative estimate of drug-likeness (QED) is 0.637. The number of pyridine rings is 1. The van der Waals surface area contributed by atoms with Crippen molar-refractivity contribution in [3.63, 3.8) is 0 Å². The average molecular weight is 368 g/mol. The first-order chi connectivity index (χ1) is 11.8. The van der Waals surface area contributed by atoms with E-state index in [-0.39, 0.29) is 10.6 Å². The standard InChI is InChI=1S/C10H13FN2O.C7H8O3S/c1-7-2-3-9(10(11)13-7)14-6-8-4-5-12-8;1-6-2-4-7(5-3-6)11(8,9)10/h2-3,8,12H,4-6H2,1H3;2-5H,1H3,(H,8,9,10)/t8-;/m1./s1. The maximum atomic E-state index is 13.2. The molecule has 25 heavy (non-hydrogen) atoms. The number of hydrogen-bond donors (Lipinski definition) is 2. The summed E-state index contributed by atoms with van der Waals surface area (Å²) >= 11 is 0. The van der Waals surface area contributed by atoms with Crippen LogP contribution < -0.4 is 10.1 Å². The number of nitrogens with zero attached hydrogens (tertiary/aromatic N) is 1. The van der Waals surface area contributed by atoms with Crippen LogP contribution in [0.5, 0.6) is 5.75 Å². The van der Waals surface area contributed by atoms with Crippen molar-refractivity contribution in [2.24, 2.45) is 0 Å². The predicted octanol–water partition coefficient (Wildman–Crippen LogP) is 2.51. The molecule has 1 aliphatic rings. The Bertz CT molecular complexity index is 806. The number of halogens is 1. The van der Waals surface area contributed by atoms with Gasteiger partial charge in [0.1, 0.15) is 6.61 Å². The third-order valence-electron chi connectivity index (χ3n) is 3.64. The van der Waals surface area contributed by atoms with E-state index >= 15 is 0 Å². The van der Waals surface area contributed by atoms with Crippen LogP contribution in [0.4, 0.5) is 4.39 Å². The molecular formula is C17H21FN2O4S. The minimum Gasteiger partial charge on any atom is -0.487 e. The van der Waals surface area contributed by atoms with Crippen LogP contribution >= 0.6 is 0 Å². The lowest BCUT2D eigenvalue weighted by molar-refractivity contribution is 0.209. The molecule has 2 aromatic rings. The van der Waals surface area contributed by atoms with Gasteiger partial charge >= 0.3 is 0 Å². The molecule has 0 bridgehead atoms. The van der Waals surface area contributed by atoms with Gasteiger partial charge < -0.3 is 10.1 Å². The van der Waals surface area contributed by atoms with Crippen LogP contribution in [-0.2, 0) is 10.1 Å². The van der Waals surface area contributed by atoms with Gasteiger partial charge in [-0.15, -0.1) is 0 Å². The zero-order chi connectivity index (χ0) is 18.4. The smallest absolute Gasteiger partial charge is 0.294 e. The van der Waals surface area contributed by atoms with E-state index < -0.39 is 16.1 Å². The highest BCUT2D eigenvalue weighted by Crippen LogP contribution is 2.16. The molecule has 8 heteroatoms. The third-order valence-corrected chi connectivity index (χ3v) is 4.51. The molecule has 0 spiro atoms. The predicted molar refractivity (Wildman–Crippen MR) is 91.8 cm³/mol. The number of aromatic nitrogens is 1. The third kappa shape index (κ3) is 6.08. The molecule has 1 saturated heterocycles. The Balaban J connectivity index is 0.000000186. The largest absolute Gasteiger partial charge is 0.487 e. The van der Waals surface area contributed by atoms with E-state index in [1.54, 1.807) is 31.2 Å². The SMILES string of the molecule is Cc1ccc(OC[C@H]2CCN2)c(F)n1.Cc1ccc(S(=O)(=O)O)cc1. The molecular weight excluding hydrogens is 347 g/mol. The van der Waals surface area contributed by atoms with E-state index in [2.05, 4.69) is 10.3 Å². The Morgan fingerprint density at radius 3 is 2.36 bits per heavy atom. The number of aryl methyl sites for hydroxylation is 2. The van der Waals surface area contributed by atoms with E-state index in [0.29, 0.717) is 18.3 Å². The van der Waals surface area contributed by atoms with Crippen molar-refractivity contribution in [2.75, 3.05) is 13.2 Å². The number of benzene rings is 1. The van der Waals surface area contributed by atoms with E-state index in [9.17, 15) is 12.8 Å². The Kier molecular flexibility index (Phi) is 6.46. The second-order valence-corrected chi connectivity index (χ2v) is 7.20. The molecule has 0 amide bonds. The first-order valence-corrected chi connectivity index (χ1v) is 9.23. The summed E-state index contributed by atoms with van der Waals surface area (Å²) in [7, 11) is -4.02. The summed E-state index contributed by atoms with van der Waals surface area (Å²) in [5.74, 6) is -0.284. The summed E-state index contributed by atoms with van der Waals surface area (Å²) < 4.78 is 48.0.